The van der Waals surface area contributed by atoms with Crippen LogP contribution in [0.3, 0.4) is 0 Å². The summed E-state index contributed by atoms with van der Waals surface area (Å²) >= 11 is 0. The van der Waals surface area contributed by atoms with Crippen molar-refractivity contribution >= 4 is 49.8 Å². The summed E-state index contributed by atoms with van der Waals surface area (Å²) in [5, 5.41) is 4.75. The van der Waals surface area contributed by atoms with Crippen molar-refractivity contribution in [2.24, 2.45) is 0 Å². The lowest BCUT2D eigenvalue weighted by atomic mass is 9.98. The summed E-state index contributed by atoms with van der Waals surface area (Å²) in [6.07, 6.45) is 0. The second-order valence-corrected chi connectivity index (χ2v) is 13.7. The van der Waals surface area contributed by atoms with Gasteiger partial charge in [-0.05, 0) is 98.2 Å². The molecular formula is C52H35NO. The Balaban J connectivity index is 1.04. The largest absolute Gasteiger partial charge is 0.455 e. The van der Waals surface area contributed by atoms with E-state index in [0.717, 1.165) is 61.3 Å². The van der Waals surface area contributed by atoms with E-state index in [2.05, 4.69) is 211 Å². The molecule has 0 saturated heterocycles. The molecule has 54 heavy (non-hydrogen) atoms. The minimum atomic E-state index is 0.894. The number of fused-ring (bicyclic) bond motifs is 4. The minimum absolute atomic E-state index is 0.894. The van der Waals surface area contributed by atoms with Crippen molar-refractivity contribution < 1.29 is 4.42 Å². The van der Waals surface area contributed by atoms with Gasteiger partial charge in [0.2, 0.25) is 0 Å². The van der Waals surface area contributed by atoms with Gasteiger partial charge in [0.15, 0.2) is 0 Å². The summed E-state index contributed by atoms with van der Waals surface area (Å²) in [6.45, 7) is 0. The van der Waals surface area contributed by atoms with Gasteiger partial charge in [0.25, 0.3) is 0 Å². The Morgan fingerprint density at radius 3 is 1.59 bits per heavy atom. The normalized spacial score (nSPS) is 11.3. The molecule has 0 aliphatic heterocycles. The summed E-state index contributed by atoms with van der Waals surface area (Å²) in [5.74, 6) is 0. The van der Waals surface area contributed by atoms with E-state index in [4.69, 9.17) is 4.42 Å². The monoisotopic (exact) mass is 689 g/mol. The summed E-state index contributed by atoms with van der Waals surface area (Å²) in [7, 11) is 0. The molecule has 0 bridgehead atoms. The highest BCUT2D eigenvalue weighted by Gasteiger charge is 2.16. The van der Waals surface area contributed by atoms with Gasteiger partial charge < -0.3 is 9.32 Å². The first-order valence-corrected chi connectivity index (χ1v) is 18.4. The lowest BCUT2D eigenvalue weighted by Gasteiger charge is -2.26. The van der Waals surface area contributed by atoms with E-state index in [1.807, 2.05) is 6.07 Å². The van der Waals surface area contributed by atoms with Crippen LogP contribution < -0.4 is 4.90 Å². The number of nitrogens with zero attached hydrogens (tertiary/aromatic N) is 1. The van der Waals surface area contributed by atoms with E-state index in [1.54, 1.807) is 0 Å². The lowest BCUT2D eigenvalue weighted by molar-refractivity contribution is 0.670. The van der Waals surface area contributed by atoms with Crippen LogP contribution in [0.4, 0.5) is 17.1 Å². The lowest BCUT2D eigenvalue weighted by Crippen LogP contribution is -2.10. The molecule has 10 rings (SSSR count). The molecule has 2 nitrogen and oxygen atoms in total. The Morgan fingerprint density at radius 2 is 0.815 bits per heavy atom. The van der Waals surface area contributed by atoms with Crippen LogP contribution in [0.15, 0.2) is 217 Å². The van der Waals surface area contributed by atoms with Gasteiger partial charge in [-0.15, -0.1) is 0 Å². The average Bonchev–Trinajstić information content (AvgIpc) is 3.63. The van der Waals surface area contributed by atoms with E-state index in [0.29, 0.717) is 0 Å². The fourth-order valence-electron chi connectivity index (χ4n) is 7.80. The van der Waals surface area contributed by atoms with Crippen LogP contribution >= 0.6 is 0 Å². The van der Waals surface area contributed by atoms with Crippen LogP contribution in [-0.4, -0.2) is 0 Å². The Bertz CT molecular complexity index is 2900. The maximum absolute atomic E-state index is 6.47. The first-order valence-electron chi connectivity index (χ1n) is 18.4. The molecule has 0 amide bonds. The summed E-state index contributed by atoms with van der Waals surface area (Å²) in [5.41, 5.74) is 14.5. The maximum Gasteiger partial charge on any atom is 0.143 e. The highest BCUT2D eigenvalue weighted by molar-refractivity contribution is 6.10. The number of para-hydroxylation sites is 1. The quantitative estimate of drug-likeness (QED) is 0.166. The molecule has 1 heterocycles. The third kappa shape index (κ3) is 5.71. The zero-order valence-electron chi connectivity index (χ0n) is 29.6. The van der Waals surface area contributed by atoms with Crippen LogP contribution in [0.5, 0.6) is 0 Å². The second-order valence-electron chi connectivity index (χ2n) is 13.7. The van der Waals surface area contributed by atoms with Gasteiger partial charge in [0.05, 0.1) is 0 Å². The first-order chi connectivity index (χ1) is 26.8. The molecule has 1 aromatic heterocycles. The van der Waals surface area contributed by atoms with E-state index in [1.165, 1.54) is 33.0 Å². The second kappa shape index (κ2) is 13.4. The standard InChI is InChI=1S/C52H35NO/c1-3-12-36(13-4-1)41-18-9-19-45(34-41)53(44-31-26-40(27-32-44)47-21-10-17-38-16-7-8-20-46(38)47)43-29-24-37(25-30-43)42-28-33-51-50(35-42)49-23-11-22-48(52(49)54-51)39-14-5-2-6-15-39/h1-35H. The number of hydrogen-bond donors (Lipinski definition) is 0. The topological polar surface area (TPSA) is 16.4 Å². The number of rotatable bonds is 7. The molecule has 0 aliphatic carbocycles. The molecular weight excluding hydrogens is 655 g/mol. The highest BCUT2D eigenvalue weighted by atomic mass is 16.3. The summed E-state index contributed by atoms with van der Waals surface area (Å²) in [6, 6.07) is 75.8. The summed E-state index contributed by atoms with van der Waals surface area (Å²) < 4.78 is 6.47. The van der Waals surface area contributed by atoms with Crippen LogP contribution in [-0.2, 0) is 0 Å². The van der Waals surface area contributed by atoms with Crippen molar-refractivity contribution in [3.8, 4) is 44.5 Å². The molecule has 2 heteroatoms. The SMILES string of the molecule is c1ccc(-c2cccc(N(c3ccc(-c4ccc5oc6c(-c7ccccc7)cccc6c5c4)cc3)c3ccc(-c4cccc5ccccc45)cc3)c2)cc1. The van der Waals surface area contributed by atoms with E-state index >= 15 is 0 Å². The Hall–Kier alpha value is -7.16. The predicted octanol–water partition coefficient (Wildman–Crippen LogP) is 14.9. The highest BCUT2D eigenvalue weighted by Crippen LogP contribution is 2.41. The number of furan rings is 1. The van der Waals surface area contributed by atoms with Crippen molar-refractivity contribution in [1.82, 2.24) is 0 Å². The number of hydrogen-bond acceptors (Lipinski definition) is 2. The maximum atomic E-state index is 6.47. The van der Waals surface area contributed by atoms with Crippen molar-refractivity contribution in [2.75, 3.05) is 4.90 Å². The van der Waals surface area contributed by atoms with Gasteiger partial charge in [-0.2, -0.15) is 0 Å². The van der Waals surface area contributed by atoms with Crippen molar-refractivity contribution in [1.29, 1.82) is 0 Å². The molecule has 0 unspecified atom stereocenters. The van der Waals surface area contributed by atoms with Gasteiger partial charge in [0, 0.05) is 33.4 Å². The Morgan fingerprint density at radius 1 is 0.296 bits per heavy atom. The zero-order valence-corrected chi connectivity index (χ0v) is 29.6. The fraction of sp³-hybridized carbons (Fsp3) is 0. The van der Waals surface area contributed by atoms with E-state index in [9.17, 15) is 0 Å². The van der Waals surface area contributed by atoms with Gasteiger partial charge >= 0.3 is 0 Å². The van der Waals surface area contributed by atoms with Crippen molar-refractivity contribution in [3.63, 3.8) is 0 Å². The van der Waals surface area contributed by atoms with E-state index < -0.39 is 0 Å². The Kier molecular flexibility index (Phi) is 7.85. The van der Waals surface area contributed by atoms with Crippen molar-refractivity contribution in [3.05, 3.63) is 212 Å². The van der Waals surface area contributed by atoms with Crippen LogP contribution in [0.2, 0.25) is 0 Å². The number of anilines is 3. The first kappa shape index (κ1) is 31.6. The fourth-order valence-corrected chi connectivity index (χ4v) is 7.80. The molecule has 0 fully saturated rings. The molecule has 9 aromatic carbocycles. The summed E-state index contributed by atoms with van der Waals surface area (Å²) in [4.78, 5) is 2.35. The van der Waals surface area contributed by atoms with Crippen LogP contribution in [0.25, 0.3) is 77.2 Å². The molecule has 0 atom stereocenters. The third-order valence-electron chi connectivity index (χ3n) is 10.5. The molecule has 0 N–H and O–H groups in total. The third-order valence-corrected chi connectivity index (χ3v) is 10.5. The smallest absolute Gasteiger partial charge is 0.143 e. The number of benzene rings is 9. The Labute approximate surface area is 314 Å². The molecule has 0 spiro atoms. The van der Waals surface area contributed by atoms with Gasteiger partial charge in [-0.3, -0.25) is 0 Å². The van der Waals surface area contributed by atoms with Crippen molar-refractivity contribution in [2.45, 2.75) is 0 Å². The predicted molar refractivity (Wildman–Crippen MR) is 228 cm³/mol. The zero-order chi connectivity index (χ0) is 35.8. The van der Waals surface area contributed by atoms with Crippen LogP contribution in [0, 0.1) is 0 Å². The molecule has 0 radical (unpaired) electrons. The molecule has 254 valence electrons. The average molecular weight is 690 g/mol. The molecule has 0 saturated carbocycles. The van der Waals surface area contributed by atoms with E-state index in [-0.39, 0.29) is 0 Å². The van der Waals surface area contributed by atoms with Gasteiger partial charge in [0.1, 0.15) is 11.2 Å². The molecule has 0 aliphatic rings. The minimum Gasteiger partial charge on any atom is -0.455 e. The van der Waals surface area contributed by atoms with Gasteiger partial charge in [-0.1, -0.05) is 164 Å². The van der Waals surface area contributed by atoms with Gasteiger partial charge in [-0.25, -0.2) is 0 Å². The molecule has 10 aromatic rings. The van der Waals surface area contributed by atoms with Crippen LogP contribution in [0.1, 0.15) is 0 Å².